The first-order chi connectivity index (χ1) is 13.3. The highest BCUT2D eigenvalue weighted by Gasteiger charge is 2.32. The van der Waals surface area contributed by atoms with Gasteiger partial charge < -0.3 is 10.2 Å². The second-order valence-electron chi connectivity index (χ2n) is 7.07. The Morgan fingerprint density at radius 1 is 1.18 bits per heavy atom. The fourth-order valence-corrected chi connectivity index (χ4v) is 4.73. The summed E-state index contributed by atoms with van der Waals surface area (Å²) in [5.41, 5.74) is 0. The molecule has 0 saturated carbocycles. The Balaban J connectivity index is 1.91. The van der Waals surface area contributed by atoms with Crippen LogP contribution >= 0.6 is 0 Å². The van der Waals surface area contributed by atoms with E-state index in [9.17, 15) is 22.0 Å². The molecule has 1 heterocycles. The number of benzene rings is 1. The molecule has 1 N–H and O–H groups in total. The van der Waals surface area contributed by atoms with Crippen LogP contribution in [0.25, 0.3) is 0 Å². The molecule has 1 unspecified atom stereocenters. The van der Waals surface area contributed by atoms with Gasteiger partial charge in [0, 0.05) is 32.7 Å². The van der Waals surface area contributed by atoms with Crippen molar-refractivity contribution in [1.82, 2.24) is 14.5 Å². The quantitative estimate of drug-likeness (QED) is 0.706. The zero-order valence-electron chi connectivity index (χ0n) is 16.5. The molecule has 6 nitrogen and oxygen atoms in total. The normalized spacial score (nSPS) is 16.8. The molecule has 2 rings (SSSR count). The van der Waals surface area contributed by atoms with Gasteiger partial charge >= 0.3 is 6.03 Å². The van der Waals surface area contributed by atoms with E-state index in [1.54, 1.807) is 4.90 Å². The van der Waals surface area contributed by atoms with Gasteiger partial charge in [-0.25, -0.2) is 22.0 Å². The van der Waals surface area contributed by atoms with Crippen LogP contribution in [0.4, 0.5) is 13.6 Å². The van der Waals surface area contributed by atoms with Crippen LogP contribution in [0.5, 0.6) is 0 Å². The zero-order valence-corrected chi connectivity index (χ0v) is 17.3. The molecule has 1 saturated heterocycles. The number of rotatable bonds is 8. The van der Waals surface area contributed by atoms with Gasteiger partial charge in [0.2, 0.25) is 10.0 Å². The number of nitrogens with zero attached hydrogens (tertiary/aromatic N) is 2. The van der Waals surface area contributed by atoms with E-state index in [0.29, 0.717) is 18.5 Å². The number of piperazine rings is 1. The fraction of sp³-hybridized carbons (Fsp3) is 0.632. The molecule has 0 radical (unpaired) electrons. The van der Waals surface area contributed by atoms with Crippen molar-refractivity contribution >= 4 is 16.1 Å². The van der Waals surface area contributed by atoms with Gasteiger partial charge in [-0.1, -0.05) is 33.1 Å². The first kappa shape index (κ1) is 22.5. The van der Waals surface area contributed by atoms with E-state index < -0.39 is 26.6 Å². The van der Waals surface area contributed by atoms with Crippen molar-refractivity contribution in [2.24, 2.45) is 5.92 Å². The average Bonchev–Trinajstić information content (AvgIpc) is 2.69. The Morgan fingerprint density at radius 3 is 2.46 bits per heavy atom. The predicted octanol–water partition coefficient (Wildman–Crippen LogP) is 3.20. The minimum atomic E-state index is -4.14. The molecule has 0 spiro atoms. The van der Waals surface area contributed by atoms with Crippen LogP contribution in [-0.2, 0) is 10.0 Å². The van der Waals surface area contributed by atoms with E-state index in [2.05, 4.69) is 19.2 Å². The van der Waals surface area contributed by atoms with Crippen molar-refractivity contribution in [1.29, 1.82) is 0 Å². The highest BCUT2D eigenvalue weighted by molar-refractivity contribution is 7.89. The number of urea groups is 1. The predicted molar refractivity (Wildman–Crippen MR) is 103 cm³/mol. The fourth-order valence-electron chi connectivity index (χ4n) is 3.23. The number of hydrogen-bond acceptors (Lipinski definition) is 3. The molecule has 1 aliphatic rings. The summed E-state index contributed by atoms with van der Waals surface area (Å²) in [7, 11) is -4.14. The summed E-state index contributed by atoms with van der Waals surface area (Å²) in [4.78, 5) is 13.2. The number of nitrogens with one attached hydrogen (secondary N) is 1. The lowest BCUT2D eigenvalue weighted by atomic mass is 9.99. The van der Waals surface area contributed by atoms with Gasteiger partial charge in [0.25, 0.3) is 0 Å². The summed E-state index contributed by atoms with van der Waals surface area (Å²) >= 11 is 0. The minimum absolute atomic E-state index is 0.0404. The summed E-state index contributed by atoms with van der Waals surface area (Å²) in [6.45, 7) is 5.32. The zero-order chi connectivity index (χ0) is 20.7. The second-order valence-corrected chi connectivity index (χ2v) is 8.97. The number of halogens is 2. The van der Waals surface area contributed by atoms with Crippen molar-refractivity contribution in [3.05, 3.63) is 29.8 Å². The number of carbonyl (C=O) groups is 1. The Hall–Kier alpha value is -1.74. The van der Waals surface area contributed by atoms with Crippen LogP contribution in [0.1, 0.15) is 39.5 Å². The molecule has 28 heavy (non-hydrogen) atoms. The summed E-state index contributed by atoms with van der Waals surface area (Å²) in [6, 6.07) is 2.14. The third-order valence-corrected chi connectivity index (χ3v) is 7.04. The number of unbranched alkanes of at least 4 members (excludes halogenated alkanes) is 1. The molecule has 9 heteroatoms. The monoisotopic (exact) mass is 417 g/mol. The molecule has 0 aromatic heterocycles. The molecule has 158 valence electrons. The second kappa shape index (κ2) is 10.2. The Morgan fingerprint density at radius 2 is 1.86 bits per heavy atom. The van der Waals surface area contributed by atoms with Gasteiger partial charge in [-0.3, -0.25) is 0 Å². The van der Waals surface area contributed by atoms with Gasteiger partial charge in [-0.05, 0) is 30.5 Å². The van der Waals surface area contributed by atoms with E-state index in [1.807, 2.05) is 0 Å². The standard InChI is InChI=1S/C19H29F2N3O3S/c1-3-5-6-15(4-2)14-22-19(25)23-9-11-24(12-10-23)28(26,27)18-13-16(20)7-8-17(18)21/h7-8,13,15H,3-6,9-12,14H2,1-2H3,(H,22,25). The molecule has 0 aliphatic carbocycles. The SMILES string of the molecule is CCCCC(CC)CNC(=O)N1CCN(S(=O)(=O)c2cc(F)ccc2F)CC1. The maximum absolute atomic E-state index is 13.9. The van der Waals surface area contributed by atoms with Crippen molar-refractivity contribution in [3.8, 4) is 0 Å². The van der Waals surface area contributed by atoms with Gasteiger partial charge in [0.15, 0.2) is 0 Å². The molecule has 1 aromatic rings. The molecule has 1 aliphatic heterocycles. The maximum Gasteiger partial charge on any atom is 0.317 e. The Labute approximate surface area is 165 Å². The summed E-state index contributed by atoms with van der Waals surface area (Å²) in [5.74, 6) is -1.37. The van der Waals surface area contributed by atoms with E-state index in [4.69, 9.17) is 0 Å². The first-order valence-corrected chi connectivity index (χ1v) is 11.2. The molecule has 1 fully saturated rings. The van der Waals surface area contributed by atoms with Gasteiger partial charge in [-0.15, -0.1) is 0 Å². The third-order valence-electron chi connectivity index (χ3n) is 5.12. The molecule has 1 aromatic carbocycles. The average molecular weight is 418 g/mol. The van der Waals surface area contributed by atoms with Crippen LogP contribution < -0.4 is 5.32 Å². The molecule has 1 atom stereocenters. The van der Waals surface area contributed by atoms with E-state index in [0.717, 1.165) is 42.1 Å². The topological polar surface area (TPSA) is 69.7 Å². The minimum Gasteiger partial charge on any atom is -0.338 e. The highest BCUT2D eigenvalue weighted by Crippen LogP contribution is 2.21. The Kier molecular flexibility index (Phi) is 8.18. The number of amides is 2. The van der Waals surface area contributed by atoms with Crippen molar-refractivity contribution in [2.45, 2.75) is 44.4 Å². The lowest BCUT2D eigenvalue weighted by Gasteiger charge is -2.34. The largest absolute Gasteiger partial charge is 0.338 e. The van der Waals surface area contributed by atoms with Crippen LogP contribution in [0.3, 0.4) is 0 Å². The summed E-state index contributed by atoms with van der Waals surface area (Å²) in [5, 5.41) is 2.92. The Bertz CT molecular complexity index is 766. The molecular formula is C19H29F2N3O3S. The highest BCUT2D eigenvalue weighted by atomic mass is 32.2. The van der Waals surface area contributed by atoms with Gasteiger partial charge in [0.1, 0.15) is 16.5 Å². The van der Waals surface area contributed by atoms with E-state index in [1.165, 1.54) is 0 Å². The molecular weight excluding hydrogens is 388 g/mol. The van der Waals surface area contributed by atoms with Crippen LogP contribution in [0.15, 0.2) is 23.1 Å². The third kappa shape index (κ3) is 5.64. The van der Waals surface area contributed by atoms with Crippen molar-refractivity contribution in [2.75, 3.05) is 32.7 Å². The first-order valence-electron chi connectivity index (χ1n) is 9.77. The number of carbonyl (C=O) groups excluding carboxylic acids is 1. The molecule has 0 bridgehead atoms. The van der Waals surface area contributed by atoms with Gasteiger partial charge in [-0.2, -0.15) is 4.31 Å². The lowest BCUT2D eigenvalue weighted by molar-refractivity contribution is 0.170. The lowest BCUT2D eigenvalue weighted by Crippen LogP contribution is -2.53. The summed E-state index contributed by atoms with van der Waals surface area (Å²) < 4.78 is 53.5. The van der Waals surface area contributed by atoms with E-state index >= 15 is 0 Å². The van der Waals surface area contributed by atoms with Crippen LogP contribution in [0.2, 0.25) is 0 Å². The number of sulfonamides is 1. The maximum atomic E-state index is 13.9. The van der Waals surface area contributed by atoms with Crippen molar-refractivity contribution in [3.63, 3.8) is 0 Å². The van der Waals surface area contributed by atoms with Crippen LogP contribution in [-0.4, -0.2) is 56.4 Å². The van der Waals surface area contributed by atoms with Crippen molar-refractivity contribution < 1.29 is 22.0 Å². The summed E-state index contributed by atoms with van der Waals surface area (Å²) in [6.07, 6.45) is 4.30. The van der Waals surface area contributed by atoms with Gasteiger partial charge in [0.05, 0.1) is 0 Å². The van der Waals surface area contributed by atoms with E-state index in [-0.39, 0.29) is 32.2 Å². The smallest absolute Gasteiger partial charge is 0.317 e. The number of hydrogen-bond donors (Lipinski definition) is 1. The molecule has 2 amide bonds. The van der Waals surface area contributed by atoms with Crippen LogP contribution in [0, 0.1) is 17.6 Å².